The van der Waals surface area contributed by atoms with Gasteiger partial charge in [0.25, 0.3) is 0 Å². The number of nitrogens with zero attached hydrogens (tertiary/aromatic N) is 10. The SMILES string of the molecule is CCc1c(C#N)c(N=Nc2c(NC(C)COC)nc(Nc3c(C)cc(C)cc3C)nc2NC(C)COC)nn1-c1nc2ncncc2[nH]1. The topological polar surface area (TPSA) is 201 Å². The number of aryl methyl sites for hydroxylation is 3. The van der Waals surface area contributed by atoms with Gasteiger partial charge in [-0.2, -0.15) is 20.2 Å². The molecule has 4 heterocycles. The molecule has 0 spiro atoms. The van der Waals surface area contributed by atoms with E-state index in [-0.39, 0.29) is 23.5 Å². The average molecular weight is 653 g/mol. The van der Waals surface area contributed by atoms with Gasteiger partial charge in [0.05, 0.1) is 25.1 Å². The number of methoxy groups -OCH3 is 2. The molecule has 0 aliphatic heterocycles. The number of nitriles is 1. The highest BCUT2D eigenvalue weighted by Gasteiger charge is 2.23. The van der Waals surface area contributed by atoms with Gasteiger partial charge < -0.3 is 30.4 Å². The third-order valence-corrected chi connectivity index (χ3v) is 7.40. The predicted molar refractivity (Wildman–Crippen MR) is 183 cm³/mol. The largest absolute Gasteiger partial charge is 0.383 e. The Morgan fingerprint density at radius 3 is 2.19 bits per heavy atom. The van der Waals surface area contributed by atoms with E-state index in [1.54, 1.807) is 25.1 Å². The Morgan fingerprint density at radius 2 is 1.62 bits per heavy atom. The minimum absolute atomic E-state index is 0.112. The van der Waals surface area contributed by atoms with E-state index in [0.29, 0.717) is 65.7 Å². The molecule has 2 atom stereocenters. The van der Waals surface area contributed by atoms with Gasteiger partial charge in [-0.15, -0.1) is 15.3 Å². The summed E-state index contributed by atoms with van der Waals surface area (Å²) in [5, 5.41) is 34.1. The highest BCUT2D eigenvalue weighted by Crippen LogP contribution is 2.37. The zero-order valence-electron chi connectivity index (χ0n) is 28.4. The Labute approximate surface area is 278 Å². The van der Waals surface area contributed by atoms with E-state index < -0.39 is 0 Å². The molecule has 5 aromatic rings. The van der Waals surface area contributed by atoms with Crippen molar-refractivity contribution in [1.82, 2.24) is 39.7 Å². The van der Waals surface area contributed by atoms with Gasteiger partial charge in [-0.25, -0.2) is 14.6 Å². The molecule has 0 saturated carbocycles. The van der Waals surface area contributed by atoms with Gasteiger partial charge in [-0.05, 0) is 52.2 Å². The average Bonchev–Trinajstić information content (AvgIpc) is 3.63. The molecule has 0 radical (unpaired) electrons. The molecular weight excluding hydrogens is 612 g/mol. The number of azo groups is 1. The van der Waals surface area contributed by atoms with Gasteiger partial charge in [0.2, 0.25) is 17.7 Å². The maximum Gasteiger partial charge on any atom is 0.231 e. The maximum absolute atomic E-state index is 10.2. The van der Waals surface area contributed by atoms with Crippen LogP contribution in [0.2, 0.25) is 0 Å². The van der Waals surface area contributed by atoms with E-state index in [1.165, 1.54) is 6.33 Å². The van der Waals surface area contributed by atoms with Gasteiger partial charge in [0.15, 0.2) is 23.0 Å². The Balaban J connectivity index is 1.63. The van der Waals surface area contributed by atoms with Crippen molar-refractivity contribution in [2.24, 2.45) is 10.2 Å². The number of rotatable bonds is 14. The quantitative estimate of drug-likeness (QED) is 0.106. The van der Waals surface area contributed by atoms with E-state index in [9.17, 15) is 5.26 Å². The van der Waals surface area contributed by atoms with Gasteiger partial charge in [0.1, 0.15) is 23.5 Å². The minimum Gasteiger partial charge on any atom is -0.383 e. The smallest absolute Gasteiger partial charge is 0.231 e. The summed E-state index contributed by atoms with van der Waals surface area (Å²) in [5.74, 6) is 1.65. The lowest BCUT2D eigenvalue weighted by atomic mass is 10.1. The Hall–Kier alpha value is -5.53. The van der Waals surface area contributed by atoms with Crippen molar-refractivity contribution in [1.29, 1.82) is 5.26 Å². The monoisotopic (exact) mass is 652 g/mol. The molecule has 0 bridgehead atoms. The van der Waals surface area contributed by atoms with Crippen LogP contribution < -0.4 is 16.0 Å². The molecule has 5 rings (SSSR count). The number of fused-ring (bicyclic) bond motifs is 1. The van der Waals surface area contributed by atoms with Crippen LogP contribution in [-0.2, 0) is 15.9 Å². The highest BCUT2D eigenvalue weighted by atomic mass is 16.5. The number of ether oxygens (including phenoxy) is 2. The number of imidazole rings is 1. The van der Waals surface area contributed by atoms with Crippen LogP contribution in [0.4, 0.5) is 34.8 Å². The number of aromatic amines is 1. The molecule has 4 aromatic heterocycles. The molecule has 0 saturated heterocycles. The summed E-state index contributed by atoms with van der Waals surface area (Å²) >= 11 is 0. The fourth-order valence-electron chi connectivity index (χ4n) is 5.42. The second-order valence-electron chi connectivity index (χ2n) is 11.5. The zero-order chi connectivity index (χ0) is 34.4. The molecule has 2 unspecified atom stereocenters. The lowest BCUT2D eigenvalue weighted by Crippen LogP contribution is -2.24. The standard InChI is InChI=1S/C32H40N14O2/c1-9-24-22(12-33)27(45-46(24)32-38-23-13-34-16-35-28(23)42-32)44-43-26-29(36-20(5)14-47-7)40-31(41-30(26)37-21(6)15-48-8)39-25-18(3)10-17(2)11-19(25)4/h10-11,13,16,20-21H,9,14-15H2,1-8H3,(H,34,35,38,42)(H3,36,37,39,40,41). The molecule has 250 valence electrons. The van der Waals surface area contributed by atoms with Crippen molar-refractivity contribution in [3.63, 3.8) is 0 Å². The number of hydrogen-bond donors (Lipinski definition) is 4. The van der Waals surface area contributed by atoms with E-state index >= 15 is 0 Å². The molecule has 1 aromatic carbocycles. The molecule has 48 heavy (non-hydrogen) atoms. The third-order valence-electron chi connectivity index (χ3n) is 7.40. The fraction of sp³-hybridized carbons (Fsp3) is 0.406. The van der Waals surface area contributed by atoms with Crippen LogP contribution in [0.5, 0.6) is 0 Å². The van der Waals surface area contributed by atoms with Crippen LogP contribution in [-0.4, -0.2) is 79.2 Å². The summed E-state index contributed by atoms with van der Waals surface area (Å²) in [5.41, 5.74) is 6.50. The number of benzene rings is 1. The number of hydrogen-bond acceptors (Lipinski definition) is 14. The van der Waals surface area contributed by atoms with Crippen molar-refractivity contribution >= 4 is 45.9 Å². The summed E-state index contributed by atoms with van der Waals surface area (Å²) in [6.07, 6.45) is 3.53. The van der Waals surface area contributed by atoms with Crippen LogP contribution in [0.3, 0.4) is 0 Å². The molecule has 16 heteroatoms. The van der Waals surface area contributed by atoms with Crippen molar-refractivity contribution in [3.8, 4) is 12.0 Å². The molecule has 0 aliphatic rings. The normalized spacial score (nSPS) is 12.7. The van der Waals surface area contributed by atoms with E-state index in [0.717, 1.165) is 22.4 Å². The summed E-state index contributed by atoms with van der Waals surface area (Å²) in [7, 11) is 3.27. The first kappa shape index (κ1) is 33.8. The fourth-order valence-corrected chi connectivity index (χ4v) is 5.42. The van der Waals surface area contributed by atoms with Crippen molar-refractivity contribution in [3.05, 3.63) is 52.6 Å². The molecular formula is C32H40N14O2. The first-order valence-electron chi connectivity index (χ1n) is 15.5. The predicted octanol–water partition coefficient (Wildman–Crippen LogP) is 5.74. The number of anilines is 4. The summed E-state index contributed by atoms with van der Waals surface area (Å²) in [4.78, 5) is 25.6. The second kappa shape index (κ2) is 14.9. The second-order valence-corrected chi connectivity index (χ2v) is 11.5. The third kappa shape index (κ3) is 7.37. The summed E-state index contributed by atoms with van der Waals surface area (Å²) in [6, 6.07) is 6.16. The van der Waals surface area contributed by atoms with Crippen LogP contribution in [0, 0.1) is 32.1 Å². The van der Waals surface area contributed by atoms with Crippen molar-refractivity contribution < 1.29 is 9.47 Å². The van der Waals surface area contributed by atoms with Crippen LogP contribution >= 0.6 is 0 Å². The highest BCUT2D eigenvalue weighted by molar-refractivity contribution is 5.77. The molecule has 16 nitrogen and oxygen atoms in total. The van der Waals surface area contributed by atoms with E-state index in [1.807, 2.05) is 34.6 Å². The van der Waals surface area contributed by atoms with Crippen LogP contribution in [0.1, 0.15) is 48.7 Å². The summed E-state index contributed by atoms with van der Waals surface area (Å²) in [6.45, 7) is 12.8. The van der Waals surface area contributed by atoms with Crippen molar-refractivity contribution in [2.75, 3.05) is 43.4 Å². The number of aromatic nitrogens is 8. The van der Waals surface area contributed by atoms with Gasteiger partial charge in [0, 0.05) is 32.0 Å². The first-order valence-corrected chi connectivity index (χ1v) is 15.5. The van der Waals surface area contributed by atoms with Crippen LogP contribution in [0.15, 0.2) is 34.9 Å². The summed E-state index contributed by atoms with van der Waals surface area (Å²) < 4.78 is 12.3. The van der Waals surface area contributed by atoms with E-state index in [2.05, 4.69) is 76.3 Å². The molecule has 0 aliphatic carbocycles. The molecule has 4 N–H and O–H groups in total. The van der Waals surface area contributed by atoms with Gasteiger partial charge >= 0.3 is 0 Å². The van der Waals surface area contributed by atoms with E-state index in [4.69, 9.17) is 19.4 Å². The Bertz CT molecular complexity index is 1880. The minimum atomic E-state index is -0.143. The lowest BCUT2D eigenvalue weighted by molar-refractivity contribution is 0.190. The van der Waals surface area contributed by atoms with Gasteiger partial charge in [-0.3, -0.25) is 0 Å². The number of nitrogens with one attached hydrogen (secondary N) is 4. The van der Waals surface area contributed by atoms with Crippen molar-refractivity contribution in [2.45, 2.75) is 60.0 Å². The molecule has 0 amide bonds. The lowest BCUT2D eigenvalue weighted by Gasteiger charge is -2.21. The van der Waals surface area contributed by atoms with Crippen LogP contribution in [0.25, 0.3) is 17.1 Å². The molecule has 0 fully saturated rings. The maximum atomic E-state index is 10.2. The zero-order valence-corrected chi connectivity index (χ0v) is 28.4. The number of H-pyrrole nitrogens is 1. The Kier molecular flexibility index (Phi) is 10.5. The Morgan fingerprint density at radius 1 is 0.979 bits per heavy atom. The first-order chi connectivity index (χ1) is 23.1. The van der Waals surface area contributed by atoms with Gasteiger partial charge in [-0.1, -0.05) is 24.6 Å².